The second-order valence-corrected chi connectivity index (χ2v) is 11.8. The van der Waals surface area contributed by atoms with E-state index in [1.807, 2.05) is 13.8 Å². The number of hydrogen-bond donors (Lipinski definition) is 2. The Morgan fingerprint density at radius 2 is 1.86 bits per heavy atom. The van der Waals surface area contributed by atoms with Crippen molar-refractivity contribution >= 4 is 21.7 Å². The Morgan fingerprint density at radius 3 is 2.45 bits per heavy atom. The maximum absolute atomic E-state index is 12.5. The number of aliphatic hydroxyl groups excluding tert-OH is 1. The second-order valence-electron chi connectivity index (χ2n) is 9.45. The Kier molecular flexibility index (Phi) is 8.09. The minimum atomic E-state index is -2.97. The molecular formula is C20H36N2O6S. The third kappa shape index (κ3) is 7.22. The molecule has 0 aromatic heterocycles. The maximum Gasteiger partial charge on any atom is 0.222 e. The number of ether oxygens (including phenoxy) is 1. The van der Waals surface area contributed by atoms with Crippen molar-refractivity contribution in [1.29, 1.82) is 0 Å². The van der Waals surface area contributed by atoms with Gasteiger partial charge in [-0.25, -0.2) is 8.42 Å². The maximum atomic E-state index is 12.5. The average Bonchev–Trinajstić information content (AvgIpc) is 2.62. The molecule has 2 amide bonds. The minimum Gasteiger partial charge on any atom is -0.390 e. The molecule has 8 nitrogen and oxygen atoms in total. The molecule has 2 heterocycles. The van der Waals surface area contributed by atoms with Crippen LogP contribution in [0.4, 0.5) is 0 Å². The Labute approximate surface area is 174 Å². The van der Waals surface area contributed by atoms with Crippen LogP contribution in [0.15, 0.2) is 0 Å². The molecule has 2 atom stereocenters. The number of nitrogens with zero attached hydrogens (tertiary/aromatic N) is 1. The van der Waals surface area contributed by atoms with E-state index in [0.29, 0.717) is 39.0 Å². The molecule has 2 unspecified atom stereocenters. The van der Waals surface area contributed by atoms with Crippen molar-refractivity contribution < 1.29 is 27.9 Å². The molecule has 0 bridgehead atoms. The quantitative estimate of drug-likeness (QED) is 0.613. The number of carbonyl (C=O) groups is 2. The monoisotopic (exact) mass is 432 g/mol. The topological polar surface area (TPSA) is 113 Å². The molecule has 0 aliphatic carbocycles. The van der Waals surface area contributed by atoms with Gasteiger partial charge in [0.15, 0.2) is 0 Å². The summed E-state index contributed by atoms with van der Waals surface area (Å²) in [6, 6.07) is -0.144. The van der Waals surface area contributed by atoms with Crippen molar-refractivity contribution in [3.05, 3.63) is 0 Å². The number of amides is 2. The number of sulfone groups is 1. The van der Waals surface area contributed by atoms with E-state index >= 15 is 0 Å². The van der Waals surface area contributed by atoms with Crippen molar-refractivity contribution in [2.24, 2.45) is 11.3 Å². The lowest BCUT2D eigenvalue weighted by atomic mass is 9.79. The fourth-order valence-electron chi connectivity index (χ4n) is 3.91. The largest absolute Gasteiger partial charge is 0.390 e. The van der Waals surface area contributed by atoms with Gasteiger partial charge < -0.3 is 20.1 Å². The van der Waals surface area contributed by atoms with Crippen LogP contribution in [0.1, 0.15) is 53.4 Å². The molecule has 168 valence electrons. The van der Waals surface area contributed by atoms with Gasteiger partial charge in [-0.2, -0.15) is 0 Å². The van der Waals surface area contributed by atoms with Gasteiger partial charge >= 0.3 is 0 Å². The van der Waals surface area contributed by atoms with Crippen molar-refractivity contribution in [3.63, 3.8) is 0 Å². The predicted octanol–water partition coefficient (Wildman–Crippen LogP) is 0.731. The number of morpholine rings is 1. The Bertz CT molecular complexity index is 677. The van der Waals surface area contributed by atoms with E-state index < -0.39 is 27.5 Å². The van der Waals surface area contributed by atoms with Crippen LogP contribution in [0.25, 0.3) is 0 Å². The van der Waals surface area contributed by atoms with E-state index in [0.717, 1.165) is 0 Å². The molecule has 9 heteroatoms. The summed E-state index contributed by atoms with van der Waals surface area (Å²) in [5.41, 5.74) is -0.750. The minimum absolute atomic E-state index is 0.0586. The lowest BCUT2D eigenvalue weighted by Crippen LogP contribution is -2.54. The molecule has 0 spiro atoms. The van der Waals surface area contributed by atoms with E-state index in [1.165, 1.54) is 0 Å². The third-order valence-electron chi connectivity index (χ3n) is 5.72. The van der Waals surface area contributed by atoms with Gasteiger partial charge in [-0.05, 0) is 18.8 Å². The summed E-state index contributed by atoms with van der Waals surface area (Å²) in [4.78, 5) is 26.6. The van der Waals surface area contributed by atoms with Gasteiger partial charge in [-0.3, -0.25) is 9.59 Å². The zero-order chi connectivity index (χ0) is 21.8. The third-order valence-corrected chi connectivity index (χ3v) is 7.43. The molecule has 2 aliphatic heterocycles. The smallest absolute Gasteiger partial charge is 0.222 e. The zero-order valence-electron chi connectivity index (χ0n) is 18.0. The fraction of sp³-hybridized carbons (Fsp3) is 0.900. The number of hydrogen-bond acceptors (Lipinski definition) is 6. The lowest BCUT2D eigenvalue weighted by Gasteiger charge is -2.41. The van der Waals surface area contributed by atoms with Crippen molar-refractivity contribution in [2.75, 3.05) is 31.2 Å². The van der Waals surface area contributed by atoms with Gasteiger partial charge in [-0.15, -0.1) is 0 Å². The van der Waals surface area contributed by atoms with Gasteiger partial charge in [-0.1, -0.05) is 27.7 Å². The first-order chi connectivity index (χ1) is 13.4. The zero-order valence-corrected chi connectivity index (χ0v) is 18.8. The summed E-state index contributed by atoms with van der Waals surface area (Å²) in [6.45, 7) is 8.80. The van der Waals surface area contributed by atoms with Gasteiger partial charge in [0.25, 0.3) is 0 Å². The summed E-state index contributed by atoms with van der Waals surface area (Å²) >= 11 is 0. The normalized spacial score (nSPS) is 24.3. The molecule has 0 aromatic carbocycles. The number of aliphatic hydroxyl groups is 1. The summed E-state index contributed by atoms with van der Waals surface area (Å²) in [7, 11) is -2.97. The highest BCUT2D eigenvalue weighted by Gasteiger charge is 2.40. The van der Waals surface area contributed by atoms with Crippen LogP contribution in [0.5, 0.6) is 0 Å². The van der Waals surface area contributed by atoms with E-state index in [4.69, 9.17) is 4.74 Å². The number of rotatable bonds is 7. The number of nitrogens with one attached hydrogen (secondary N) is 1. The molecule has 2 saturated heterocycles. The molecule has 29 heavy (non-hydrogen) atoms. The van der Waals surface area contributed by atoms with Crippen LogP contribution in [0.2, 0.25) is 0 Å². The Balaban J connectivity index is 1.88. The highest BCUT2D eigenvalue weighted by molar-refractivity contribution is 7.91. The van der Waals surface area contributed by atoms with E-state index in [2.05, 4.69) is 5.32 Å². The summed E-state index contributed by atoms with van der Waals surface area (Å²) in [6.07, 6.45) is -0.0360. The molecule has 2 aliphatic rings. The molecule has 0 aromatic rings. The highest BCUT2D eigenvalue weighted by atomic mass is 32.2. The van der Waals surface area contributed by atoms with Crippen LogP contribution in [-0.2, 0) is 24.2 Å². The molecule has 0 saturated carbocycles. The van der Waals surface area contributed by atoms with Crippen LogP contribution >= 0.6 is 0 Å². The van der Waals surface area contributed by atoms with Crippen LogP contribution in [0.3, 0.4) is 0 Å². The molecular weight excluding hydrogens is 396 g/mol. The standard InChI is InChI=1S/C20H36N2O6S/c1-14(2)11-18(24)22-7-8-28-16(13-22)19(25)20(3,4)12-17(23)21-15-5-9-29(26,27)10-6-15/h14-16,19,25H,5-13H2,1-4H3,(H,21,23). The number of carbonyl (C=O) groups excluding carboxylic acids is 2. The van der Waals surface area contributed by atoms with Crippen molar-refractivity contribution in [2.45, 2.75) is 71.6 Å². The Hall–Kier alpha value is -1.19. The summed E-state index contributed by atoms with van der Waals surface area (Å²) in [5, 5.41) is 13.8. The summed E-state index contributed by atoms with van der Waals surface area (Å²) < 4.78 is 28.8. The van der Waals surface area contributed by atoms with E-state index in [1.54, 1.807) is 18.7 Å². The molecule has 2 fully saturated rings. The van der Waals surface area contributed by atoms with Crippen molar-refractivity contribution in [1.82, 2.24) is 10.2 Å². The van der Waals surface area contributed by atoms with E-state index in [-0.39, 0.29) is 41.7 Å². The van der Waals surface area contributed by atoms with Crippen LogP contribution in [0, 0.1) is 11.3 Å². The first-order valence-corrected chi connectivity index (χ1v) is 12.3. The van der Waals surface area contributed by atoms with Crippen LogP contribution < -0.4 is 5.32 Å². The predicted molar refractivity (Wildman–Crippen MR) is 110 cm³/mol. The molecule has 0 radical (unpaired) electrons. The first kappa shape index (κ1) is 24.1. The average molecular weight is 433 g/mol. The summed E-state index contributed by atoms with van der Waals surface area (Å²) in [5.74, 6) is 0.314. The fourth-order valence-corrected chi connectivity index (χ4v) is 5.40. The lowest BCUT2D eigenvalue weighted by molar-refractivity contribution is -0.154. The molecule has 2 rings (SSSR count). The first-order valence-electron chi connectivity index (χ1n) is 10.5. The molecule has 2 N–H and O–H groups in total. The van der Waals surface area contributed by atoms with Gasteiger partial charge in [0.1, 0.15) is 15.9 Å². The van der Waals surface area contributed by atoms with Crippen molar-refractivity contribution in [3.8, 4) is 0 Å². The SMILES string of the molecule is CC(C)CC(=O)N1CCOC(C(O)C(C)(C)CC(=O)NC2CCS(=O)(=O)CC2)C1. The van der Waals surface area contributed by atoms with Gasteiger partial charge in [0.05, 0.1) is 24.2 Å². The highest BCUT2D eigenvalue weighted by Crippen LogP contribution is 2.30. The van der Waals surface area contributed by atoms with E-state index in [9.17, 15) is 23.1 Å². The Morgan fingerprint density at radius 1 is 1.24 bits per heavy atom. The van der Waals surface area contributed by atoms with Gasteiger partial charge in [0.2, 0.25) is 11.8 Å². The second kappa shape index (κ2) is 9.75. The van der Waals surface area contributed by atoms with Crippen LogP contribution in [-0.4, -0.2) is 79.7 Å². The van der Waals surface area contributed by atoms with Gasteiger partial charge in [0, 0.05) is 37.4 Å².